The number of benzene rings is 4. The molecule has 0 unspecified atom stereocenters. The van der Waals surface area contributed by atoms with E-state index in [2.05, 4.69) is 21.3 Å². The van der Waals surface area contributed by atoms with Crippen molar-refractivity contribution in [3.8, 4) is 0 Å². The Kier molecular flexibility index (Phi) is 22.6. The Balaban J connectivity index is 0.000000302. The minimum atomic E-state index is -4.53. The number of ether oxygens (including phenoxy) is 2. The summed E-state index contributed by atoms with van der Waals surface area (Å²) in [7, 11) is 0. The van der Waals surface area contributed by atoms with E-state index in [4.69, 9.17) is 54.8 Å². The first-order valence-electron chi connectivity index (χ1n) is 25.1. The molecule has 0 radical (unpaired) electrons. The van der Waals surface area contributed by atoms with E-state index in [1.807, 2.05) is 13.0 Å². The number of hydrogen-bond acceptors (Lipinski definition) is 11. The molecule has 27 heteroatoms. The maximum Gasteiger partial charge on any atom is 0.416 e. The fourth-order valence-electron chi connectivity index (χ4n) is 8.46. The lowest BCUT2D eigenvalue weighted by atomic mass is 9.78. The molecule has 2 aliphatic heterocycles. The molecule has 18 nitrogen and oxygen atoms in total. The van der Waals surface area contributed by atoms with Gasteiger partial charge in [0.05, 0.1) is 50.8 Å². The topological polar surface area (TPSA) is 231 Å². The summed E-state index contributed by atoms with van der Waals surface area (Å²) in [6, 6.07) is 18.0. The number of hydroxylamine groups is 1. The third-order valence-electron chi connectivity index (χ3n) is 13.3. The van der Waals surface area contributed by atoms with Gasteiger partial charge in [0.15, 0.2) is 0 Å². The second-order valence-corrected chi connectivity index (χ2v) is 21.2. The molecule has 0 aromatic heterocycles. The molecule has 2 heterocycles. The number of hydrogen-bond donors (Lipinski definition) is 5. The highest BCUT2D eigenvalue weighted by atomic mass is 35.5. The van der Waals surface area contributed by atoms with Gasteiger partial charge in [-0.05, 0) is 131 Å². The van der Waals surface area contributed by atoms with E-state index in [-0.39, 0.29) is 114 Å². The van der Waals surface area contributed by atoms with Gasteiger partial charge in [-0.2, -0.15) is 31.4 Å². The van der Waals surface area contributed by atoms with Crippen LogP contribution in [0.5, 0.6) is 0 Å². The number of nitrogens with zero attached hydrogens (tertiary/aromatic N) is 3. The molecule has 2 aliphatic rings. The summed E-state index contributed by atoms with van der Waals surface area (Å²) in [4.78, 5) is 96.6. The molecule has 6 rings (SSSR count). The summed E-state index contributed by atoms with van der Waals surface area (Å²) in [5.74, 6) is -1.44. The zero-order valence-electron chi connectivity index (χ0n) is 44.5. The van der Waals surface area contributed by atoms with Crippen molar-refractivity contribution in [3.63, 3.8) is 0 Å². The normalized spacial score (nSPS) is 15.0. The average Bonchev–Trinajstić information content (AvgIpc) is 3.43. The fraction of sp³-hybridized carbons (Fsp3) is 0.426. The average molecular weight is 1200 g/mol. The van der Waals surface area contributed by atoms with Gasteiger partial charge >= 0.3 is 24.5 Å². The lowest BCUT2D eigenvalue weighted by Crippen LogP contribution is -2.53. The molecule has 4 aromatic carbocycles. The minimum Gasteiger partial charge on any atom is -0.448 e. The fourth-order valence-corrected chi connectivity index (χ4v) is 9.04. The van der Waals surface area contributed by atoms with Gasteiger partial charge in [0, 0.05) is 50.0 Å². The second-order valence-electron chi connectivity index (χ2n) is 20.0. The molecule has 0 spiro atoms. The summed E-state index contributed by atoms with van der Waals surface area (Å²) >= 11 is 18.5. The molecule has 0 aliphatic carbocycles. The third kappa shape index (κ3) is 18.6. The van der Waals surface area contributed by atoms with Crippen LogP contribution in [-0.4, -0.2) is 110 Å². The molecule has 440 valence electrons. The van der Waals surface area contributed by atoms with Crippen LogP contribution in [0.4, 0.5) is 47.3 Å². The molecule has 0 saturated carbocycles. The number of alkyl carbamates (subject to hydrolysis) is 1. The number of rotatable bonds is 17. The van der Waals surface area contributed by atoms with Gasteiger partial charge in [0.2, 0.25) is 30.0 Å². The predicted octanol–water partition coefficient (Wildman–Crippen LogP) is 9.46. The smallest absolute Gasteiger partial charge is 0.416 e. The Morgan fingerprint density at radius 2 is 1.14 bits per heavy atom. The Morgan fingerprint density at radius 3 is 1.64 bits per heavy atom. The van der Waals surface area contributed by atoms with E-state index in [0.29, 0.717) is 27.0 Å². The standard InChI is InChI=1S/C30H36ClF3N4O6.C24H25Cl2F3N4O4/c1-19-20(6-5-7-23(19)31)16-35-25(40)29(18-43-27(42)37-22-10-8-21(9-11-22)30(32,33)34)12-14-38(15-13-29)24(39)17-36-26(41)44-28(2,3)4;25-19-3-1-2-16(21(19)26)13-31-22(36)23(8-10-32(11-9-23)20(35)12-30)14-37-33(15-34)18-6-4-17(5-7-18)24(27,28)29/h5-11H,12-18H2,1-4H3,(H,35,40)(H,36,41)(H,37,42);1-7,15H,8-14,30H2,(H,31,36). The van der Waals surface area contributed by atoms with Gasteiger partial charge in [0.1, 0.15) is 18.8 Å². The van der Waals surface area contributed by atoms with Crippen LogP contribution in [0.15, 0.2) is 84.9 Å². The van der Waals surface area contributed by atoms with Crippen molar-refractivity contribution in [2.75, 3.05) is 62.9 Å². The molecule has 6 N–H and O–H groups in total. The predicted molar refractivity (Wildman–Crippen MR) is 288 cm³/mol. The van der Waals surface area contributed by atoms with E-state index in [0.717, 1.165) is 64.7 Å². The van der Waals surface area contributed by atoms with Crippen LogP contribution in [0, 0.1) is 17.8 Å². The second kappa shape index (κ2) is 28.2. The first kappa shape index (κ1) is 65.0. The van der Waals surface area contributed by atoms with Crippen molar-refractivity contribution >= 4 is 88.4 Å². The van der Waals surface area contributed by atoms with E-state index in [1.54, 1.807) is 51.1 Å². The summed E-state index contributed by atoms with van der Waals surface area (Å²) in [6.45, 7) is 6.80. The molecule has 2 saturated heterocycles. The summed E-state index contributed by atoms with van der Waals surface area (Å²) in [5, 5.41) is 12.4. The molecule has 0 bridgehead atoms. The quantitative estimate of drug-likeness (QED) is 0.0380. The van der Waals surface area contributed by atoms with E-state index in [1.165, 1.54) is 9.80 Å². The SMILES string of the molecule is Cc1c(Cl)cccc1CNC(=O)C1(COC(=O)Nc2ccc(C(F)(F)F)cc2)CCN(C(=O)CNC(=O)OC(C)(C)C)CC1.NCC(=O)N1CCC(CON(C=O)c2ccc(C(F)(F)F)cc2)(C(=O)NCc2cccc(Cl)c2Cl)CC1. The van der Waals surface area contributed by atoms with Crippen LogP contribution in [0.25, 0.3) is 0 Å². The van der Waals surface area contributed by atoms with Crippen molar-refractivity contribution in [2.24, 2.45) is 16.6 Å². The van der Waals surface area contributed by atoms with Crippen molar-refractivity contribution in [3.05, 3.63) is 128 Å². The molecule has 4 aromatic rings. The maximum absolute atomic E-state index is 13.6. The van der Waals surface area contributed by atoms with Gasteiger partial charge in [-0.25, -0.2) is 9.59 Å². The van der Waals surface area contributed by atoms with Crippen LogP contribution in [0.3, 0.4) is 0 Å². The maximum atomic E-state index is 13.6. The summed E-state index contributed by atoms with van der Waals surface area (Å²) in [5.41, 5.74) is 2.94. The van der Waals surface area contributed by atoms with Crippen LogP contribution in [-0.2, 0) is 63.7 Å². The number of nitrogens with two attached hydrogens (primary N) is 1. The number of carbonyl (C=O) groups excluding carboxylic acids is 7. The molecule has 7 amide bonds. The molecular formula is C54H61Cl3F6N8O10. The summed E-state index contributed by atoms with van der Waals surface area (Å²) < 4.78 is 87.7. The lowest BCUT2D eigenvalue weighted by molar-refractivity contribution is -0.145. The number of halogens is 9. The van der Waals surface area contributed by atoms with Gasteiger partial charge in [-0.1, -0.05) is 59.1 Å². The number of likely N-dealkylation sites (tertiary alicyclic amines) is 2. The van der Waals surface area contributed by atoms with Gasteiger partial charge in [-0.15, -0.1) is 0 Å². The molecule has 0 atom stereocenters. The van der Waals surface area contributed by atoms with Gasteiger partial charge in [-0.3, -0.25) is 34.1 Å². The Labute approximate surface area is 478 Å². The third-order valence-corrected chi connectivity index (χ3v) is 14.6. The van der Waals surface area contributed by atoms with Crippen molar-refractivity contribution in [1.29, 1.82) is 0 Å². The first-order valence-corrected chi connectivity index (χ1v) is 26.2. The highest BCUT2D eigenvalue weighted by Crippen LogP contribution is 2.37. The number of anilines is 2. The Hall–Kier alpha value is -6.86. The monoisotopic (exact) mass is 1200 g/mol. The van der Waals surface area contributed by atoms with E-state index >= 15 is 0 Å². The molecule has 81 heavy (non-hydrogen) atoms. The van der Waals surface area contributed by atoms with Crippen LogP contribution < -0.4 is 32.1 Å². The number of amides is 7. The van der Waals surface area contributed by atoms with Crippen LogP contribution in [0.1, 0.15) is 74.3 Å². The first-order chi connectivity index (χ1) is 38.0. The highest BCUT2D eigenvalue weighted by Gasteiger charge is 2.45. The number of alkyl halides is 6. The minimum absolute atomic E-state index is 0.0556. The van der Waals surface area contributed by atoms with Gasteiger partial charge < -0.3 is 41.0 Å². The number of piperidine rings is 2. The summed E-state index contributed by atoms with van der Waals surface area (Å²) in [6.07, 6.45) is -9.77. The molecule has 2 fully saturated rings. The van der Waals surface area contributed by atoms with Crippen LogP contribution >= 0.6 is 34.8 Å². The molecular weight excluding hydrogens is 1140 g/mol. The number of carbonyl (C=O) groups is 7. The highest BCUT2D eigenvalue weighted by molar-refractivity contribution is 6.42. The van der Waals surface area contributed by atoms with Crippen molar-refractivity contribution in [2.45, 2.75) is 84.4 Å². The Bertz CT molecular complexity index is 2860. The largest absolute Gasteiger partial charge is 0.448 e. The van der Waals surface area contributed by atoms with Gasteiger partial charge in [0.25, 0.3) is 0 Å². The number of nitrogens with one attached hydrogen (secondary N) is 4. The van der Waals surface area contributed by atoms with E-state index in [9.17, 15) is 59.9 Å². The van der Waals surface area contributed by atoms with E-state index < -0.39 is 63.9 Å². The van der Waals surface area contributed by atoms with Crippen LogP contribution in [0.2, 0.25) is 15.1 Å². The zero-order chi connectivity index (χ0) is 59.9. The van der Waals surface area contributed by atoms with Crippen molar-refractivity contribution < 1.29 is 74.2 Å². The van der Waals surface area contributed by atoms with Crippen molar-refractivity contribution in [1.82, 2.24) is 25.8 Å². The zero-order valence-corrected chi connectivity index (χ0v) is 46.7. The Morgan fingerprint density at radius 1 is 0.654 bits per heavy atom. The lowest BCUT2D eigenvalue weighted by Gasteiger charge is -2.40.